The van der Waals surface area contributed by atoms with E-state index in [0.717, 1.165) is 22.4 Å². The molecule has 72 valence electrons. The fourth-order valence-corrected chi connectivity index (χ4v) is 1.48. The van der Waals surface area contributed by atoms with E-state index < -0.39 is 0 Å². The maximum absolute atomic E-state index is 5.32. The van der Waals surface area contributed by atoms with Crippen LogP contribution in [0.25, 0.3) is 0 Å². The van der Waals surface area contributed by atoms with Gasteiger partial charge in [0.15, 0.2) is 0 Å². The lowest BCUT2D eigenvalue weighted by Gasteiger charge is -2.08. The molecule has 0 N–H and O–H groups in total. The molecule has 0 aliphatic rings. The summed E-state index contributed by atoms with van der Waals surface area (Å²) < 4.78 is 11.6. The fraction of sp³-hybridized carbons (Fsp3) is 0.400. The number of ether oxygens (including phenoxy) is 2. The van der Waals surface area contributed by atoms with Crippen LogP contribution in [0, 0.1) is 0 Å². The molecule has 1 aromatic carbocycles. The van der Waals surface area contributed by atoms with Crippen molar-refractivity contribution in [3.8, 4) is 5.75 Å². The van der Waals surface area contributed by atoms with Gasteiger partial charge in [0.2, 0.25) is 0 Å². The van der Waals surface area contributed by atoms with Crippen LogP contribution in [0.3, 0.4) is 0 Å². The molecule has 1 aromatic rings. The molecular weight excluding hydrogens is 232 g/mol. The second-order valence-corrected chi connectivity index (χ2v) is 3.51. The lowest BCUT2D eigenvalue weighted by molar-refractivity contribution is 0.132. The Morgan fingerprint density at radius 2 is 2.15 bits per heavy atom. The molecule has 3 heteroatoms. The van der Waals surface area contributed by atoms with Gasteiger partial charge in [-0.25, -0.2) is 0 Å². The molecule has 0 saturated heterocycles. The molecule has 13 heavy (non-hydrogen) atoms. The third kappa shape index (κ3) is 3.01. The van der Waals surface area contributed by atoms with Gasteiger partial charge in [0.25, 0.3) is 0 Å². The molecule has 0 aromatic heterocycles. The molecule has 0 bridgehead atoms. The SMILES string of the molecule is CCOCc1cc(Br)ccc1OC. The average molecular weight is 245 g/mol. The van der Waals surface area contributed by atoms with E-state index in [4.69, 9.17) is 9.47 Å². The highest BCUT2D eigenvalue weighted by molar-refractivity contribution is 9.10. The Morgan fingerprint density at radius 1 is 1.38 bits per heavy atom. The predicted octanol–water partition coefficient (Wildman–Crippen LogP) is 2.99. The Balaban J connectivity index is 2.81. The second-order valence-electron chi connectivity index (χ2n) is 2.59. The Labute approximate surface area is 87.0 Å². The zero-order chi connectivity index (χ0) is 9.68. The Kier molecular flexibility index (Phi) is 4.25. The van der Waals surface area contributed by atoms with Crippen LogP contribution < -0.4 is 4.74 Å². The summed E-state index contributed by atoms with van der Waals surface area (Å²) in [5, 5.41) is 0. The van der Waals surface area contributed by atoms with Gasteiger partial charge in [0.05, 0.1) is 13.7 Å². The molecule has 1 rings (SSSR count). The average Bonchev–Trinajstić information content (AvgIpc) is 2.15. The smallest absolute Gasteiger partial charge is 0.124 e. The quantitative estimate of drug-likeness (QED) is 0.811. The maximum atomic E-state index is 5.32. The van der Waals surface area contributed by atoms with Crippen molar-refractivity contribution in [2.75, 3.05) is 13.7 Å². The molecule has 0 atom stereocenters. The highest BCUT2D eigenvalue weighted by Gasteiger charge is 2.02. The lowest BCUT2D eigenvalue weighted by atomic mass is 10.2. The van der Waals surface area contributed by atoms with E-state index in [1.54, 1.807) is 7.11 Å². The number of hydrogen-bond donors (Lipinski definition) is 0. The van der Waals surface area contributed by atoms with E-state index in [1.807, 2.05) is 25.1 Å². The lowest BCUT2D eigenvalue weighted by Crippen LogP contribution is -1.95. The minimum atomic E-state index is 0.596. The van der Waals surface area contributed by atoms with E-state index in [9.17, 15) is 0 Å². The predicted molar refractivity (Wildman–Crippen MR) is 56.0 cm³/mol. The highest BCUT2D eigenvalue weighted by Crippen LogP contribution is 2.23. The highest BCUT2D eigenvalue weighted by atomic mass is 79.9. The van der Waals surface area contributed by atoms with Gasteiger partial charge in [0.1, 0.15) is 5.75 Å². The normalized spacial score (nSPS) is 10.1. The first-order chi connectivity index (χ1) is 6.27. The van der Waals surface area contributed by atoms with Crippen LogP contribution in [0.1, 0.15) is 12.5 Å². The van der Waals surface area contributed by atoms with Crippen molar-refractivity contribution in [1.29, 1.82) is 0 Å². The third-order valence-electron chi connectivity index (χ3n) is 1.70. The van der Waals surface area contributed by atoms with Gasteiger partial charge in [-0.1, -0.05) is 15.9 Å². The van der Waals surface area contributed by atoms with Crippen molar-refractivity contribution >= 4 is 15.9 Å². The summed E-state index contributed by atoms with van der Waals surface area (Å²) in [6.07, 6.45) is 0. The molecule has 0 fully saturated rings. The van der Waals surface area contributed by atoms with Gasteiger partial charge in [-0.2, -0.15) is 0 Å². The standard InChI is InChI=1S/C10H13BrO2/c1-3-13-7-8-6-9(11)4-5-10(8)12-2/h4-6H,3,7H2,1-2H3. The minimum Gasteiger partial charge on any atom is -0.496 e. The van der Waals surface area contributed by atoms with Gasteiger partial charge < -0.3 is 9.47 Å². The van der Waals surface area contributed by atoms with E-state index in [-0.39, 0.29) is 0 Å². The zero-order valence-corrected chi connectivity index (χ0v) is 9.43. The summed E-state index contributed by atoms with van der Waals surface area (Å²) in [7, 11) is 1.67. The van der Waals surface area contributed by atoms with Crippen molar-refractivity contribution < 1.29 is 9.47 Å². The summed E-state index contributed by atoms with van der Waals surface area (Å²) in [5.74, 6) is 0.872. The first kappa shape index (κ1) is 10.5. The number of rotatable bonds is 4. The molecule has 0 aliphatic heterocycles. The Morgan fingerprint density at radius 3 is 2.77 bits per heavy atom. The summed E-state index contributed by atoms with van der Waals surface area (Å²) >= 11 is 3.41. The van der Waals surface area contributed by atoms with Crippen molar-refractivity contribution in [2.45, 2.75) is 13.5 Å². The van der Waals surface area contributed by atoms with Crippen molar-refractivity contribution in [2.24, 2.45) is 0 Å². The summed E-state index contributed by atoms with van der Waals surface area (Å²) in [5.41, 5.74) is 1.07. The van der Waals surface area contributed by atoms with Gasteiger partial charge in [0, 0.05) is 16.6 Å². The van der Waals surface area contributed by atoms with Crippen molar-refractivity contribution in [3.05, 3.63) is 28.2 Å². The third-order valence-corrected chi connectivity index (χ3v) is 2.20. The number of hydrogen-bond acceptors (Lipinski definition) is 2. The zero-order valence-electron chi connectivity index (χ0n) is 7.84. The number of methoxy groups -OCH3 is 1. The number of halogens is 1. The molecule has 0 spiro atoms. The van der Waals surface area contributed by atoms with E-state index in [2.05, 4.69) is 15.9 Å². The summed E-state index contributed by atoms with van der Waals surface area (Å²) in [6.45, 7) is 3.29. The molecule has 2 nitrogen and oxygen atoms in total. The van der Waals surface area contributed by atoms with E-state index in [1.165, 1.54) is 0 Å². The van der Waals surface area contributed by atoms with Crippen LogP contribution in [0.2, 0.25) is 0 Å². The Hall–Kier alpha value is -0.540. The molecule has 0 saturated carbocycles. The van der Waals surface area contributed by atoms with Gasteiger partial charge in [-0.15, -0.1) is 0 Å². The van der Waals surface area contributed by atoms with Gasteiger partial charge >= 0.3 is 0 Å². The molecule has 0 aliphatic carbocycles. The molecule has 0 radical (unpaired) electrons. The second kappa shape index (κ2) is 5.25. The van der Waals surface area contributed by atoms with Crippen LogP contribution >= 0.6 is 15.9 Å². The van der Waals surface area contributed by atoms with Gasteiger partial charge in [-0.3, -0.25) is 0 Å². The first-order valence-corrected chi connectivity index (χ1v) is 4.97. The summed E-state index contributed by atoms with van der Waals surface area (Å²) in [6, 6.07) is 5.89. The molecule has 0 unspecified atom stereocenters. The van der Waals surface area contributed by atoms with E-state index in [0.29, 0.717) is 6.61 Å². The van der Waals surface area contributed by atoms with Crippen molar-refractivity contribution in [3.63, 3.8) is 0 Å². The summed E-state index contributed by atoms with van der Waals surface area (Å²) in [4.78, 5) is 0. The molecular formula is C10H13BrO2. The van der Waals surface area contributed by atoms with Crippen LogP contribution in [-0.4, -0.2) is 13.7 Å². The van der Waals surface area contributed by atoms with Crippen LogP contribution in [-0.2, 0) is 11.3 Å². The molecule has 0 amide bonds. The van der Waals surface area contributed by atoms with Crippen LogP contribution in [0.5, 0.6) is 5.75 Å². The largest absolute Gasteiger partial charge is 0.496 e. The topological polar surface area (TPSA) is 18.5 Å². The van der Waals surface area contributed by atoms with Gasteiger partial charge in [-0.05, 0) is 25.1 Å². The first-order valence-electron chi connectivity index (χ1n) is 4.18. The van der Waals surface area contributed by atoms with Crippen LogP contribution in [0.15, 0.2) is 22.7 Å². The monoisotopic (exact) mass is 244 g/mol. The maximum Gasteiger partial charge on any atom is 0.124 e. The fourth-order valence-electron chi connectivity index (χ4n) is 1.07. The molecule has 0 heterocycles. The Bertz CT molecular complexity index is 274. The van der Waals surface area contributed by atoms with Crippen LogP contribution in [0.4, 0.5) is 0 Å². The van der Waals surface area contributed by atoms with E-state index >= 15 is 0 Å². The minimum absolute atomic E-state index is 0.596. The van der Waals surface area contributed by atoms with Crippen molar-refractivity contribution in [1.82, 2.24) is 0 Å². The number of benzene rings is 1.